The van der Waals surface area contributed by atoms with Crippen LogP contribution in [0.25, 0.3) is 21.6 Å². The van der Waals surface area contributed by atoms with Crippen molar-refractivity contribution in [3.8, 4) is 10.6 Å². The summed E-state index contributed by atoms with van der Waals surface area (Å²) in [5.41, 5.74) is 4.42. The van der Waals surface area contributed by atoms with Gasteiger partial charge in [0.25, 0.3) is 0 Å². The molecule has 0 aliphatic heterocycles. The minimum Gasteiger partial charge on any atom is -0.355 e. The first kappa shape index (κ1) is 15.8. The molecule has 0 saturated heterocycles. The molecule has 0 atom stereocenters. The van der Waals surface area contributed by atoms with Crippen LogP contribution >= 0.6 is 11.3 Å². The van der Waals surface area contributed by atoms with Crippen LogP contribution in [0.3, 0.4) is 0 Å². The second kappa shape index (κ2) is 6.33. The number of imidazole rings is 1. The van der Waals surface area contributed by atoms with Crippen molar-refractivity contribution in [2.75, 3.05) is 11.9 Å². The third kappa shape index (κ3) is 3.28. The molecule has 4 nitrogen and oxygen atoms in total. The number of anilines is 1. The lowest BCUT2D eigenvalue weighted by Gasteiger charge is -2.25. The Labute approximate surface area is 151 Å². The minimum atomic E-state index is 0.0201. The van der Waals surface area contributed by atoms with Gasteiger partial charge in [-0.05, 0) is 23.8 Å². The van der Waals surface area contributed by atoms with E-state index in [1.165, 1.54) is 5.56 Å². The van der Waals surface area contributed by atoms with Gasteiger partial charge in [-0.25, -0.2) is 9.97 Å². The molecule has 126 valence electrons. The van der Waals surface area contributed by atoms with Crippen molar-refractivity contribution in [3.05, 3.63) is 65.7 Å². The van der Waals surface area contributed by atoms with Gasteiger partial charge in [0.2, 0.25) is 5.95 Å². The molecule has 0 radical (unpaired) electrons. The highest BCUT2D eigenvalue weighted by Gasteiger charge is 2.20. The molecular weight excluding hydrogens is 328 g/mol. The molecule has 0 amide bonds. The van der Waals surface area contributed by atoms with E-state index in [2.05, 4.69) is 70.5 Å². The van der Waals surface area contributed by atoms with Crippen molar-refractivity contribution in [1.29, 1.82) is 0 Å². The largest absolute Gasteiger partial charge is 0.355 e. The Balaban J connectivity index is 1.54. The van der Waals surface area contributed by atoms with E-state index in [-0.39, 0.29) is 5.41 Å². The lowest BCUT2D eigenvalue weighted by Crippen LogP contribution is -2.27. The van der Waals surface area contributed by atoms with E-state index in [0.717, 1.165) is 34.1 Å². The predicted molar refractivity (Wildman–Crippen MR) is 105 cm³/mol. The Morgan fingerprint density at radius 2 is 1.96 bits per heavy atom. The van der Waals surface area contributed by atoms with Crippen molar-refractivity contribution in [3.63, 3.8) is 0 Å². The fourth-order valence-corrected chi connectivity index (χ4v) is 3.52. The van der Waals surface area contributed by atoms with Crippen molar-refractivity contribution >= 4 is 28.3 Å². The smallest absolute Gasteiger partial charge is 0.201 e. The highest BCUT2D eigenvalue weighted by molar-refractivity contribution is 7.13. The number of nitrogens with one attached hydrogen (secondary N) is 2. The number of thiazole rings is 1. The summed E-state index contributed by atoms with van der Waals surface area (Å²) in [5, 5.41) is 6.46. The summed E-state index contributed by atoms with van der Waals surface area (Å²) in [6.07, 6.45) is 1.83. The fourth-order valence-electron chi connectivity index (χ4n) is 2.89. The Morgan fingerprint density at radius 1 is 1.12 bits per heavy atom. The summed E-state index contributed by atoms with van der Waals surface area (Å²) < 4.78 is 0. The van der Waals surface area contributed by atoms with Gasteiger partial charge in [0, 0.05) is 29.1 Å². The fraction of sp³-hybridized carbons (Fsp3) is 0.200. The normalized spacial score (nSPS) is 11.8. The number of rotatable bonds is 5. The van der Waals surface area contributed by atoms with Crippen LogP contribution in [0, 0.1) is 0 Å². The first-order valence-corrected chi connectivity index (χ1v) is 9.19. The molecule has 4 aromatic rings. The molecule has 0 saturated carbocycles. The van der Waals surface area contributed by atoms with Gasteiger partial charge in [-0.15, -0.1) is 11.3 Å². The summed E-state index contributed by atoms with van der Waals surface area (Å²) in [6, 6.07) is 16.8. The van der Waals surface area contributed by atoms with E-state index in [9.17, 15) is 0 Å². The summed E-state index contributed by atoms with van der Waals surface area (Å²) in [7, 11) is 0. The van der Waals surface area contributed by atoms with Gasteiger partial charge in [-0.3, -0.25) is 0 Å². The molecule has 25 heavy (non-hydrogen) atoms. The zero-order chi connectivity index (χ0) is 17.3. The third-order valence-corrected chi connectivity index (χ3v) is 5.24. The summed E-state index contributed by atoms with van der Waals surface area (Å²) >= 11 is 1.64. The maximum Gasteiger partial charge on any atom is 0.201 e. The van der Waals surface area contributed by atoms with Crippen LogP contribution in [0.4, 0.5) is 5.95 Å². The number of hydrogen-bond donors (Lipinski definition) is 2. The Bertz CT molecular complexity index is 972. The monoisotopic (exact) mass is 348 g/mol. The van der Waals surface area contributed by atoms with Crippen LogP contribution in [0.5, 0.6) is 0 Å². The molecule has 0 aliphatic carbocycles. The van der Waals surface area contributed by atoms with Crippen molar-refractivity contribution in [2.24, 2.45) is 0 Å². The lowest BCUT2D eigenvalue weighted by molar-refractivity contribution is 0.555. The molecule has 0 fully saturated rings. The lowest BCUT2D eigenvalue weighted by atomic mass is 9.85. The number of nitrogens with zero attached hydrogens (tertiary/aromatic N) is 2. The number of aromatic amines is 1. The van der Waals surface area contributed by atoms with E-state index in [1.54, 1.807) is 11.3 Å². The second-order valence-electron chi connectivity index (χ2n) is 6.76. The van der Waals surface area contributed by atoms with Crippen LogP contribution in [-0.4, -0.2) is 21.5 Å². The van der Waals surface area contributed by atoms with Crippen LogP contribution in [0.2, 0.25) is 0 Å². The zero-order valence-corrected chi connectivity index (χ0v) is 15.1. The molecule has 0 spiro atoms. The van der Waals surface area contributed by atoms with Gasteiger partial charge >= 0.3 is 0 Å². The average molecular weight is 348 g/mol. The Morgan fingerprint density at radius 3 is 2.72 bits per heavy atom. The second-order valence-corrected chi connectivity index (χ2v) is 7.65. The molecule has 5 heteroatoms. The maximum atomic E-state index is 4.65. The molecule has 4 rings (SSSR count). The number of benzene rings is 2. The molecule has 2 N–H and O–H groups in total. The molecular formula is C20H20N4S. The third-order valence-electron chi connectivity index (χ3n) is 4.41. The number of fused-ring (bicyclic) bond motifs is 1. The topological polar surface area (TPSA) is 53.6 Å². The van der Waals surface area contributed by atoms with Crippen LogP contribution in [0.1, 0.15) is 19.4 Å². The summed E-state index contributed by atoms with van der Waals surface area (Å²) in [6.45, 7) is 5.27. The summed E-state index contributed by atoms with van der Waals surface area (Å²) in [4.78, 5) is 12.4. The van der Waals surface area contributed by atoms with Gasteiger partial charge in [0.05, 0.1) is 11.0 Å². The van der Waals surface area contributed by atoms with Gasteiger partial charge < -0.3 is 10.3 Å². The van der Waals surface area contributed by atoms with Crippen LogP contribution in [0.15, 0.2) is 60.1 Å². The van der Waals surface area contributed by atoms with Crippen molar-refractivity contribution in [1.82, 2.24) is 15.0 Å². The highest BCUT2D eigenvalue weighted by atomic mass is 32.1. The van der Waals surface area contributed by atoms with E-state index in [1.807, 2.05) is 23.7 Å². The Hall–Kier alpha value is -2.66. The number of hydrogen-bond acceptors (Lipinski definition) is 4. The van der Waals surface area contributed by atoms with Crippen LogP contribution < -0.4 is 5.32 Å². The van der Waals surface area contributed by atoms with E-state index >= 15 is 0 Å². The van der Waals surface area contributed by atoms with Crippen molar-refractivity contribution in [2.45, 2.75) is 19.3 Å². The highest BCUT2D eigenvalue weighted by Crippen LogP contribution is 2.27. The molecule has 0 aliphatic rings. The van der Waals surface area contributed by atoms with E-state index in [4.69, 9.17) is 0 Å². The van der Waals surface area contributed by atoms with E-state index in [0.29, 0.717) is 0 Å². The number of aromatic nitrogens is 3. The quantitative estimate of drug-likeness (QED) is 0.529. The molecule has 2 heterocycles. The van der Waals surface area contributed by atoms with Crippen LogP contribution in [-0.2, 0) is 5.41 Å². The van der Waals surface area contributed by atoms with Gasteiger partial charge in [-0.1, -0.05) is 44.2 Å². The minimum absolute atomic E-state index is 0.0201. The predicted octanol–water partition coefficient (Wildman–Crippen LogP) is 5.08. The van der Waals surface area contributed by atoms with Crippen molar-refractivity contribution < 1.29 is 0 Å². The van der Waals surface area contributed by atoms with Gasteiger partial charge in [0.1, 0.15) is 5.01 Å². The molecule has 0 unspecified atom stereocenters. The first-order valence-electron chi connectivity index (χ1n) is 8.31. The van der Waals surface area contributed by atoms with Gasteiger partial charge in [0.15, 0.2) is 0 Å². The summed E-state index contributed by atoms with van der Waals surface area (Å²) in [5.74, 6) is 0.801. The van der Waals surface area contributed by atoms with Gasteiger partial charge in [-0.2, -0.15) is 0 Å². The molecule has 2 aromatic carbocycles. The SMILES string of the molecule is CC(C)(CNc1nc2ccc(-c3nccs3)cc2[nH]1)c1ccccc1. The first-order chi connectivity index (χ1) is 12.1. The standard InChI is InChI=1S/C20H20N4S/c1-20(2,15-6-4-3-5-7-15)13-22-19-23-16-9-8-14(12-17(16)24-19)18-21-10-11-25-18/h3-12H,13H2,1-2H3,(H2,22,23,24). The number of H-pyrrole nitrogens is 1. The maximum absolute atomic E-state index is 4.65. The zero-order valence-electron chi connectivity index (χ0n) is 14.3. The molecule has 2 aromatic heterocycles. The average Bonchev–Trinajstić information content (AvgIpc) is 3.29. The molecule has 0 bridgehead atoms. The Kier molecular flexibility index (Phi) is 4.01. The van der Waals surface area contributed by atoms with E-state index < -0.39 is 0 Å².